The molecule has 0 aromatic heterocycles. The second-order valence-corrected chi connectivity index (χ2v) is 8.11. The second-order valence-electron chi connectivity index (χ2n) is 5.34. The first-order valence-electron chi connectivity index (χ1n) is 6.74. The number of nitrogens with one attached hydrogen (secondary N) is 1. The third kappa shape index (κ3) is 3.59. The van der Waals surface area contributed by atoms with Crippen molar-refractivity contribution in [2.24, 2.45) is 0 Å². The smallest absolute Gasteiger partial charge is 0.238 e. The number of halogens is 1. The van der Waals surface area contributed by atoms with E-state index in [0.29, 0.717) is 10.7 Å². The molecular weight excluding hydrogens is 328 g/mol. The zero-order valence-electron chi connectivity index (χ0n) is 12.2. The summed E-state index contributed by atoms with van der Waals surface area (Å²) in [6.07, 6.45) is 1.13. The van der Waals surface area contributed by atoms with E-state index >= 15 is 0 Å². The predicted octanol–water partition coefficient (Wildman–Crippen LogP) is 0.995. The molecule has 2 rings (SSSR count). The minimum absolute atomic E-state index is 0.118. The molecule has 1 aromatic carbocycles. The molecule has 120 valence electrons. The summed E-state index contributed by atoms with van der Waals surface area (Å²) in [5.41, 5.74) is 0.585. The zero-order valence-corrected chi connectivity index (χ0v) is 13.8. The van der Waals surface area contributed by atoms with E-state index in [-0.39, 0.29) is 18.9 Å². The Hall–Kier alpha value is -1.60. The van der Waals surface area contributed by atoms with Crippen molar-refractivity contribution in [2.75, 3.05) is 17.7 Å². The molecule has 8 heteroatoms. The zero-order chi connectivity index (χ0) is 16.5. The third-order valence-electron chi connectivity index (χ3n) is 3.63. The van der Waals surface area contributed by atoms with E-state index in [4.69, 9.17) is 11.6 Å². The first-order valence-corrected chi connectivity index (χ1v) is 9.07. The molecular formula is C14H17ClN2O4S. The van der Waals surface area contributed by atoms with E-state index in [1.807, 2.05) is 0 Å². The van der Waals surface area contributed by atoms with Crippen LogP contribution in [0, 0.1) is 0 Å². The highest BCUT2D eigenvalue weighted by molar-refractivity contribution is 7.92. The number of carbonyl (C=O) groups is 2. The van der Waals surface area contributed by atoms with Crippen molar-refractivity contribution < 1.29 is 18.0 Å². The van der Waals surface area contributed by atoms with Gasteiger partial charge in [-0.15, -0.1) is 0 Å². The maximum absolute atomic E-state index is 12.1. The molecule has 1 fully saturated rings. The standard InChI is InChI=1S/C14H17ClN2O4S/c1-9(22(2,20)21)14(19)16-10-7-13(18)17(8-10)12-6-4-3-5-11(12)15/h3-6,9-10H,7-8H2,1-2H3,(H,16,19). The van der Waals surface area contributed by atoms with Gasteiger partial charge in [-0.25, -0.2) is 8.42 Å². The van der Waals surface area contributed by atoms with Crippen LogP contribution in [-0.4, -0.2) is 44.3 Å². The van der Waals surface area contributed by atoms with Crippen molar-refractivity contribution >= 4 is 38.9 Å². The van der Waals surface area contributed by atoms with E-state index < -0.39 is 27.0 Å². The Morgan fingerprint density at radius 1 is 1.41 bits per heavy atom. The first-order chi connectivity index (χ1) is 10.2. The van der Waals surface area contributed by atoms with Gasteiger partial charge in [0.15, 0.2) is 9.84 Å². The summed E-state index contributed by atoms with van der Waals surface area (Å²) in [6.45, 7) is 1.60. The number of hydrogen-bond acceptors (Lipinski definition) is 4. The molecule has 1 aliphatic heterocycles. The van der Waals surface area contributed by atoms with Crippen LogP contribution in [0.4, 0.5) is 5.69 Å². The predicted molar refractivity (Wildman–Crippen MR) is 84.7 cm³/mol. The molecule has 1 saturated heterocycles. The van der Waals surface area contributed by atoms with Gasteiger partial charge in [-0.2, -0.15) is 0 Å². The van der Waals surface area contributed by atoms with E-state index in [1.165, 1.54) is 11.8 Å². The lowest BCUT2D eigenvalue weighted by molar-refractivity contribution is -0.121. The summed E-state index contributed by atoms with van der Waals surface area (Å²) in [6, 6.07) is 6.51. The highest BCUT2D eigenvalue weighted by Gasteiger charge is 2.34. The van der Waals surface area contributed by atoms with Crippen molar-refractivity contribution in [2.45, 2.75) is 24.6 Å². The average Bonchev–Trinajstić information content (AvgIpc) is 2.78. The lowest BCUT2D eigenvalue weighted by atomic mass is 10.2. The lowest BCUT2D eigenvalue weighted by Gasteiger charge is -2.19. The highest BCUT2D eigenvalue weighted by atomic mass is 35.5. The SMILES string of the molecule is CC(C(=O)NC1CC(=O)N(c2ccccc2Cl)C1)S(C)(=O)=O. The highest BCUT2D eigenvalue weighted by Crippen LogP contribution is 2.29. The Bertz CT molecular complexity index is 705. The van der Waals surface area contributed by atoms with E-state index in [9.17, 15) is 18.0 Å². The molecule has 22 heavy (non-hydrogen) atoms. The maximum Gasteiger partial charge on any atom is 0.238 e. The topological polar surface area (TPSA) is 83.6 Å². The molecule has 1 heterocycles. The van der Waals surface area contributed by atoms with E-state index in [2.05, 4.69) is 5.32 Å². The Morgan fingerprint density at radius 3 is 2.64 bits per heavy atom. The summed E-state index contributed by atoms with van der Waals surface area (Å²) in [5.74, 6) is -0.758. The Kier molecular flexibility index (Phi) is 4.77. The number of para-hydroxylation sites is 1. The largest absolute Gasteiger partial charge is 0.350 e. The van der Waals surface area contributed by atoms with Crippen molar-refractivity contribution in [3.63, 3.8) is 0 Å². The number of rotatable bonds is 4. The van der Waals surface area contributed by atoms with Gasteiger partial charge < -0.3 is 10.2 Å². The molecule has 2 atom stereocenters. The van der Waals surface area contributed by atoms with Crippen LogP contribution in [0.25, 0.3) is 0 Å². The van der Waals surface area contributed by atoms with Crippen LogP contribution >= 0.6 is 11.6 Å². The summed E-state index contributed by atoms with van der Waals surface area (Å²) >= 11 is 6.07. The normalized spacial score (nSPS) is 20.0. The fourth-order valence-electron chi connectivity index (χ4n) is 2.22. The van der Waals surface area contributed by atoms with Gasteiger partial charge in [0.05, 0.1) is 16.8 Å². The van der Waals surface area contributed by atoms with Gasteiger partial charge in [-0.1, -0.05) is 23.7 Å². The van der Waals surface area contributed by atoms with Crippen molar-refractivity contribution in [1.82, 2.24) is 5.32 Å². The number of sulfone groups is 1. The average molecular weight is 345 g/mol. The van der Waals surface area contributed by atoms with Crippen LogP contribution in [0.3, 0.4) is 0 Å². The molecule has 2 unspecified atom stereocenters. The molecule has 0 saturated carbocycles. The van der Waals surface area contributed by atoms with E-state index in [1.54, 1.807) is 24.3 Å². The molecule has 1 N–H and O–H groups in total. The van der Waals surface area contributed by atoms with Crippen LogP contribution in [0.1, 0.15) is 13.3 Å². The summed E-state index contributed by atoms with van der Waals surface area (Å²) in [5, 5.41) is 1.92. The van der Waals surface area contributed by atoms with Gasteiger partial charge >= 0.3 is 0 Å². The minimum Gasteiger partial charge on any atom is -0.350 e. The van der Waals surface area contributed by atoms with Gasteiger partial charge in [-0.3, -0.25) is 9.59 Å². The Morgan fingerprint density at radius 2 is 2.05 bits per heavy atom. The maximum atomic E-state index is 12.1. The monoisotopic (exact) mass is 344 g/mol. The van der Waals surface area contributed by atoms with Crippen LogP contribution in [0.15, 0.2) is 24.3 Å². The summed E-state index contributed by atoms with van der Waals surface area (Å²) < 4.78 is 22.8. The molecule has 0 radical (unpaired) electrons. The quantitative estimate of drug-likeness (QED) is 0.883. The van der Waals surface area contributed by atoms with Crippen molar-refractivity contribution in [3.8, 4) is 0 Å². The number of anilines is 1. The van der Waals surface area contributed by atoms with Crippen molar-refractivity contribution in [1.29, 1.82) is 0 Å². The Labute approximate surface area is 134 Å². The number of carbonyl (C=O) groups excluding carboxylic acids is 2. The minimum atomic E-state index is -3.46. The summed E-state index contributed by atoms with van der Waals surface area (Å²) in [7, 11) is -3.46. The molecule has 0 spiro atoms. The van der Waals surface area contributed by atoms with Crippen LogP contribution < -0.4 is 10.2 Å². The van der Waals surface area contributed by atoms with Gasteiger partial charge in [0.25, 0.3) is 0 Å². The van der Waals surface area contributed by atoms with Crippen LogP contribution in [-0.2, 0) is 19.4 Å². The van der Waals surface area contributed by atoms with Gasteiger partial charge in [0.1, 0.15) is 5.25 Å². The number of nitrogens with zero attached hydrogens (tertiary/aromatic N) is 1. The summed E-state index contributed by atoms with van der Waals surface area (Å²) in [4.78, 5) is 25.5. The van der Waals surface area contributed by atoms with Gasteiger partial charge in [0, 0.05) is 19.2 Å². The second kappa shape index (κ2) is 6.26. The fourth-order valence-corrected chi connectivity index (χ4v) is 2.92. The molecule has 1 aromatic rings. The molecule has 6 nitrogen and oxygen atoms in total. The third-order valence-corrected chi connectivity index (χ3v) is 5.44. The number of benzene rings is 1. The Balaban J connectivity index is 2.07. The van der Waals surface area contributed by atoms with Gasteiger partial charge in [0.2, 0.25) is 11.8 Å². The molecule has 1 aliphatic rings. The van der Waals surface area contributed by atoms with Gasteiger partial charge in [-0.05, 0) is 19.1 Å². The first kappa shape index (κ1) is 16.8. The fraction of sp³-hybridized carbons (Fsp3) is 0.429. The number of hydrogen-bond donors (Lipinski definition) is 1. The van der Waals surface area contributed by atoms with E-state index in [0.717, 1.165) is 6.26 Å². The molecule has 0 aliphatic carbocycles. The van der Waals surface area contributed by atoms with Crippen LogP contribution in [0.5, 0.6) is 0 Å². The molecule has 2 amide bonds. The molecule has 0 bridgehead atoms. The number of amides is 2. The van der Waals surface area contributed by atoms with Crippen LogP contribution in [0.2, 0.25) is 5.02 Å². The van der Waals surface area contributed by atoms with Crippen molar-refractivity contribution in [3.05, 3.63) is 29.3 Å². The lowest BCUT2D eigenvalue weighted by Crippen LogP contribution is -2.44.